The molecule has 0 radical (unpaired) electrons. The standard InChI is InChI=1S/C13H23N3O2/c1-2-7-15-13(17)12-11-18-10-9-16(12)8-5-3-4-6-14/h12H,2-5,7-11H2,1H3,(H,15,17). The van der Waals surface area contributed by atoms with E-state index < -0.39 is 0 Å². The number of nitrogens with zero attached hydrogens (tertiary/aromatic N) is 2. The van der Waals surface area contributed by atoms with Crippen molar-refractivity contribution in [3.05, 3.63) is 0 Å². The molecule has 1 atom stereocenters. The number of hydrogen-bond donors (Lipinski definition) is 1. The Kier molecular flexibility index (Phi) is 7.38. The van der Waals surface area contributed by atoms with E-state index in [1.807, 2.05) is 6.92 Å². The first-order chi connectivity index (χ1) is 8.79. The average Bonchev–Trinajstić information content (AvgIpc) is 2.41. The van der Waals surface area contributed by atoms with Crippen molar-refractivity contribution in [3.8, 4) is 6.07 Å². The summed E-state index contributed by atoms with van der Waals surface area (Å²) >= 11 is 0. The molecule has 1 N–H and O–H groups in total. The predicted octanol–water partition coefficient (Wildman–Crippen LogP) is 0.907. The van der Waals surface area contributed by atoms with Gasteiger partial charge in [0.15, 0.2) is 0 Å². The number of nitriles is 1. The Morgan fingerprint density at radius 1 is 1.56 bits per heavy atom. The van der Waals surface area contributed by atoms with Gasteiger partial charge in [-0.05, 0) is 25.8 Å². The van der Waals surface area contributed by atoms with Gasteiger partial charge in [0.1, 0.15) is 6.04 Å². The zero-order valence-corrected chi connectivity index (χ0v) is 11.2. The third-order valence-corrected chi connectivity index (χ3v) is 3.08. The van der Waals surface area contributed by atoms with E-state index in [2.05, 4.69) is 16.3 Å². The normalized spacial score (nSPS) is 20.3. The molecule has 102 valence electrons. The van der Waals surface area contributed by atoms with Gasteiger partial charge in [-0.2, -0.15) is 5.26 Å². The van der Waals surface area contributed by atoms with Gasteiger partial charge in [0.25, 0.3) is 0 Å². The summed E-state index contributed by atoms with van der Waals surface area (Å²) in [5.74, 6) is 0.0665. The Bertz CT molecular complexity index is 288. The topological polar surface area (TPSA) is 65.4 Å². The lowest BCUT2D eigenvalue weighted by atomic mass is 10.1. The summed E-state index contributed by atoms with van der Waals surface area (Å²) in [5, 5.41) is 11.4. The summed E-state index contributed by atoms with van der Waals surface area (Å²) in [6, 6.07) is 1.98. The molecule has 0 saturated carbocycles. The van der Waals surface area contributed by atoms with Crippen LogP contribution in [0.15, 0.2) is 0 Å². The zero-order chi connectivity index (χ0) is 13.2. The van der Waals surface area contributed by atoms with E-state index in [1.54, 1.807) is 0 Å². The van der Waals surface area contributed by atoms with E-state index in [-0.39, 0.29) is 11.9 Å². The van der Waals surface area contributed by atoms with Crippen molar-refractivity contribution in [2.24, 2.45) is 0 Å². The summed E-state index contributed by atoms with van der Waals surface area (Å²) < 4.78 is 5.39. The molecule has 1 unspecified atom stereocenters. The van der Waals surface area contributed by atoms with E-state index in [4.69, 9.17) is 10.00 Å². The SMILES string of the molecule is CCCNC(=O)C1COCCN1CCCCC#N. The van der Waals surface area contributed by atoms with Gasteiger partial charge in [-0.3, -0.25) is 9.69 Å². The lowest BCUT2D eigenvalue weighted by Crippen LogP contribution is -2.54. The van der Waals surface area contributed by atoms with Crippen LogP contribution in [-0.4, -0.2) is 49.7 Å². The number of nitrogens with one attached hydrogen (secondary N) is 1. The highest BCUT2D eigenvalue weighted by molar-refractivity contribution is 5.81. The predicted molar refractivity (Wildman–Crippen MR) is 68.9 cm³/mol. The van der Waals surface area contributed by atoms with Gasteiger partial charge in [0.2, 0.25) is 5.91 Å². The maximum atomic E-state index is 12.0. The Labute approximate surface area is 109 Å². The number of ether oxygens (including phenoxy) is 1. The van der Waals surface area contributed by atoms with Gasteiger partial charge in [-0.1, -0.05) is 6.92 Å². The van der Waals surface area contributed by atoms with Crippen molar-refractivity contribution in [2.45, 2.75) is 38.6 Å². The van der Waals surface area contributed by atoms with E-state index in [0.29, 0.717) is 19.6 Å². The van der Waals surface area contributed by atoms with Crippen LogP contribution in [-0.2, 0) is 9.53 Å². The molecule has 0 aromatic carbocycles. The first-order valence-corrected chi connectivity index (χ1v) is 6.76. The van der Waals surface area contributed by atoms with Gasteiger partial charge in [-0.15, -0.1) is 0 Å². The molecule has 1 heterocycles. The molecule has 1 rings (SSSR count). The monoisotopic (exact) mass is 253 g/mol. The van der Waals surface area contributed by atoms with E-state index in [1.165, 1.54) is 0 Å². The van der Waals surface area contributed by atoms with Crippen LogP contribution in [0.4, 0.5) is 0 Å². The van der Waals surface area contributed by atoms with Crippen molar-refractivity contribution in [3.63, 3.8) is 0 Å². The number of unbranched alkanes of at least 4 members (excludes halogenated alkanes) is 2. The number of carbonyl (C=O) groups is 1. The van der Waals surface area contributed by atoms with Crippen LogP contribution in [0, 0.1) is 11.3 Å². The minimum atomic E-state index is -0.160. The maximum absolute atomic E-state index is 12.0. The van der Waals surface area contributed by atoms with Crippen molar-refractivity contribution < 1.29 is 9.53 Å². The summed E-state index contributed by atoms with van der Waals surface area (Å²) in [5.41, 5.74) is 0. The van der Waals surface area contributed by atoms with Gasteiger partial charge < -0.3 is 10.1 Å². The summed E-state index contributed by atoms with van der Waals surface area (Å²) in [6.45, 7) is 5.60. The van der Waals surface area contributed by atoms with Crippen LogP contribution in [0.2, 0.25) is 0 Å². The molecule has 0 bridgehead atoms. The number of morpholine rings is 1. The second kappa shape index (κ2) is 8.90. The summed E-state index contributed by atoms with van der Waals surface area (Å²) in [6.07, 6.45) is 3.40. The molecule has 18 heavy (non-hydrogen) atoms. The molecule has 1 aliphatic heterocycles. The largest absolute Gasteiger partial charge is 0.378 e. The number of carbonyl (C=O) groups excluding carboxylic acids is 1. The Hall–Kier alpha value is -1.12. The van der Waals surface area contributed by atoms with Crippen LogP contribution in [0.1, 0.15) is 32.6 Å². The first-order valence-electron chi connectivity index (χ1n) is 6.76. The first kappa shape index (κ1) is 14.9. The quantitative estimate of drug-likeness (QED) is 0.685. The fraction of sp³-hybridized carbons (Fsp3) is 0.846. The molecule has 0 aliphatic carbocycles. The molecule has 1 amide bonds. The zero-order valence-electron chi connectivity index (χ0n) is 11.2. The number of amides is 1. The summed E-state index contributed by atoms with van der Waals surface area (Å²) in [4.78, 5) is 14.1. The molecular weight excluding hydrogens is 230 g/mol. The van der Waals surface area contributed by atoms with Gasteiger partial charge in [0, 0.05) is 19.5 Å². The second-order valence-corrected chi connectivity index (χ2v) is 4.53. The van der Waals surface area contributed by atoms with Crippen molar-refractivity contribution >= 4 is 5.91 Å². The third-order valence-electron chi connectivity index (χ3n) is 3.08. The van der Waals surface area contributed by atoms with Gasteiger partial charge in [-0.25, -0.2) is 0 Å². The van der Waals surface area contributed by atoms with Gasteiger partial charge >= 0.3 is 0 Å². The van der Waals surface area contributed by atoms with Crippen LogP contribution in [0.25, 0.3) is 0 Å². The molecule has 1 aliphatic rings. The molecule has 0 spiro atoms. The number of rotatable bonds is 7. The smallest absolute Gasteiger partial charge is 0.239 e. The van der Waals surface area contributed by atoms with E-state index in [0.717, 1.165) is 38.9 Å². The molecule has 5 heteroatoms. The van der Waals surface area contributed by atoms with Crippen molar-refractivity contribution in [1.82, 2.24) is 10.2 Å². The van der Waals surface area contributed by atoms with Crippen LogP contribution >= 0.6 is 0 Å². The highest BCUT2D eigenvalue weighted by Crippen LogP contribution is 2.09. The minimum absolute atomic E-state index is 0.0665. The molecular formula is C13H23N3O2. The van der Waals surface area contributed by atoms with Crippen molar-refractivity contribution in [1.29, 1.82) is 5.26 Å². The van der Waals surface area contributed by atoms with E-state index >= 15 is 0 Å². The lowest BCUT2D eigenvalue weighted by molar-refractivity contribution is -0.132. The second-order valence-electron chi connectivity index (χ2n) is 4.53. The van der Waals surface area contributed by atoms with Crippen molar-refractivity contribution in [2.75, 3.05) is 32.8 Å². The Morgan fingerprint density at radius 2 is 2.39 bits per heavy atom. The highest BCUT2D eigenvalue weighted by Gasteiger charge is 2.28. The van der Waals surface area contributed by atoms with Crippen LogP contribution in [0.3, 0.4) is 0 Å². The lowest BCUT2D eigenvalue weighted by Gasteiger charge is -2.34. The fourth-order valence-corrected chi connectivity index (χ4v) is 2.03. The third kappa shape index (κ3) is 5.03. The summed E-state index contributed by atoms with van der Waals surface area (Å²) in [7, 11) is 0. The molecule has 5 nitrogen and oxygen atoms in total. The number of hydrogen-bond acceptors (Lipinski definition) is 4. The minimum Gasteiger partial charge on any atom is -0.378 e. The maximum Gasteiger partial charge on any atom is 0.239 e. The highest BCUT2D eigenvalue weighted by atomic mass is 16.5. The Balaban J connectivity index is 2.36. The van der Waals surface area contributed by atoms with Crippen LogP contribution in [0.5, 0.6) is 0 Å². The Morgan fingerprint density at radius 3 is 3.11 bits per heavy atom. The molecule has 1 saturated heterocycles. The molecule has 1 fully saturated rings. The molecule has 0 aromatic rings. The fourth-order valence-electron chi connectivity index (χ4n) is 2.03. The van der Waals surface area contributed by atoms with Crippen LogP contribution < -0.4 is 5.32 Å². The van der Waals surface area contributed by atoms with E-state index in [9.17, 15) is 4.79 Å². The average molecular weight is 253 g/mol. The molecule has 0 aromatic heterocycles. The van der Waals surface area contributed by atoms with Gasteiger partial charge in [0.05, 0.1) is 19.3 Å².